The average Bonchev–Trinajstić information content (AvgIpc) is 2.50. The lowest BCUT2D eigenvalue weighted by atomic mass is 10.1. The van der Waals surface area contributed by atoms with E-state index < -0.39 is 0 Å². The summed E-state index contributed by atoms with van der Waals surface area (Å²) in [5, 5.41) is 4.43. The monoisotopic (exact) mass is 342 g/mol. The minimum atomic E-state index is 0.639. The Morgan fingerprint density at radius 2 is 2.00 bits per heavy atom. The summed E-state index contributed by atoms with van der Waals surface area (Å²) >= 11 is 3.35. The number of nitrogens with one attached hydrogen (secondary N) is 1. The van der Waals surface area contributed by atoms with Crippen molar-refractivity contribution in [2.45, 2.75) is 6.42 Å². The Labute approximate surface area is 131 Å². The summed E-state index contributed by atoms with van der Waals surface area (Å²) in [7, 11) is 0. The Kier molecular flexibility index (Phi) is 4.01. The fourth-order valence-electron chi connectivity index (χ4n) is 2.29. The van der Waals surface area contributed by atoms with E-state index in [0.717, 1.165) is 28.3 Å². The van der Waals surface area contributed by atoms with Gasteiger partial charge in [-0.15, -0.1) is 0 Å². The zero-order valence-corrected chi connectivity index (χ0v) is 13.0. The quantitative estimate of drug-likeness (QED) is 0.759. The number of anilines is 2. The SMILES string of the molecule is Nc1cc(Br)cnc1NCCc1cccc2cccnc12. The van der Waals surface area contributed by atoms with Crippen LogP contribution in [0.3, 0.4) is 0 Å². The van der Waals surface area contributed by atoms with E-state index in [0.29, 0.717) is 11.5 Å². The summed E-state index contributed by atoms with van der Waals surface area (Å²) in [5.74, 6) is 0.714. The zero-order valence-electron chi connectivity index (χ0n) is 11.4. The van der Waals surface area contributed by atoms with Crippen molar-refractivity contribution in [3.8, 4) is 0 Å². The second-order valence-electron chi connectivity index (χ2n) is 4.76. The summed E-state index contributed by atoms with van der Waals surface area (Å²) < 4.78 is 0.879. The molecule has 0 atom stereocenters. The highest BCUT2D eigenvalue weighted by Gasteiger charge is 2.04. The number of aromatic nitrogens is 2. The molecule has 0 saturated carbocycles. The molecule has 0 fully saturated rings. The van der Waals surface area contributed by atoms with Crippen LogP contribution in [-0.2, 0) is 6.42 Å². The van der Waals surface area contributed by atoms with Gasteiger partial charge in [-0.05, 0) is 40.0 Å². The molecule has 0 aliphatic rings. The predicted molar refractivity (Wildman–Crippen MR) is 90.3 cm³/mol. The first-order valence-electron chi connectivity index (χ1n) is 6.71. The lowest BCUT2D eigenvalue weighted by Gasteiger charge is -2.09. The predicted octanol–water partition coefficient (Wildman–Crippen LogP) is 3.63. The molecule has 0 bridgehead atoms. The summed E-state index contributed by atoms with van der Waals surface area (Å²) in [6, 6.07) is 12.1. The van der Waals surface area contributed by atoms with Crippen LogP contribution < -0.4 is 11.1 Å². The molecule has 106 valence electrons. The molecule has 0 spiro atoms. The first kappa shape index (κ1) is 13.8. The summed E-state index contributed by atoms with van der Waals surface area (Å²) in [5.41, 5.74) is 8.84. The number of fused-ring (bicyclic) bond motifs is 1. The third kappa shape index (κ3) is 3.13. The van der Waals surface area contributed by atoms with Crippen molar-refractivity contribution in [1.82, 2.24) is 9.97 Å². The molecular formula is C16H15BrN4. The topological polar surface area (TPSA) is 63.8 Å². The molecule has 3 rings (SSSR count). The van der Waals surface area contributed by atoms with Crippen LogP contribution in [0.25, 0.3) is 10.9 Å². The van der Waals surface area contributed by atoms with Gasteiger partial charge >= 0.3 is 0 Å². The normalized spacial score (nSPS) is 10.7. The fraction of sp³-hybridized carbons (Fsp3) is 0.125. The van der Waals surface area contributed by atoms with Gasteiger partial charge in [0.05, 0.1) is 11.2 Å². The van der Waals surface area contributed by atoms with Crippen LogP contribution in [0.4, 0.5) is 11.5 Å². The van der Waals surface area contributed by atoms with Crippen molar-refractivity contribution in [1.29, 1.82) is 0 Å². The van der Waals surface area contributed by atoms with E-state index in [-0.39, 0.29) is 0 Å². The molecule has 4 nitrogen and oxygen atoms in total. The number of nitrogens with zero attached hydrogens (tertiary/aromatic N) is 2. The molecule has 0 aliphatic carbocycles. The maximum absolute atomic E-state index is 5.92. The smallest absolute Gasteiger partial charge is 0.149 e. The van der Waals surface area contributed by atoms with Crippen molar-refractivity contribution in [3.63, 3.8) is 0 Å². The third-order valence-corrected chi connectivity index (χ3v) is 3.72. The van der Waals surface area contributed by atoms with Crippen LogP contribution >= 0.6 is 15.9 Å². The van der Waals surface area contributed by atoms with Gasteiger partial charge in [0, 0.05) is 28.8 Å². The molecule has 3 aromatic rings. The van der Waals surface area contributed by atoms with Gasteiger partial charge in [-0.3, -0.25) is 4.98 Å². The Balaban J connectivity index is 1.72. The van der Waals surface area contributed by atoms with Crippen molar-refractivity contribution in [2.24, 2.45) is 0 Å². The van der Waals surface area contributed by atoms with E-state index in [1.165, 1.54) is 5.56 Å². The van der Waals surface area contributed by atoms with Crippen molar-refractivity contribution < 1.29 is 0 Å². The minimum absolute atomic E-state index is 0.639. The Morgan fingerprint density at radius 1 is 1.14 bits per heavy atom. The number of halogens is 1. The van der Waals surface area contributed by atoms with Crippen LogP contribution in [-0.4, -0.2) is 16.5 Å². The molecule has 0 amide bonds. The lowest BCUT2D eigenvalue weighted by Crippen LogP contribution is -2.08. The highest BCUT2D eigenvalue weighted by molar-refractivity contribution is 9.10. The van der Waals surface area contributed by atoms with E-state index in [1.54, 1.807) is 6.20 Å². The highest BCUT2D eigenvalue weighted by atomic mass is 79.9. The van der Waals surface area contributed by atoms with Gasteiger partial charge in [0.1, 0.15) is 5.82 Å². The largest absolute Gasteiger partial charge is 0.396 e. The third-order valence-electron chi connectivity index (χ3n) is 3.29. The first-order valence-corrected chi connectivity index (χ1v) is 7.51. The molecule has 3 N–H and O–H groups in total. The fourth-order valence-corrected chi connectivity index (χ4v) is 2.64. The number of pyridine rings is 2. The number of benzene rings is 1. The van der Waals surface area contributed by atoms with Gasteiger partial charge in [0.2, 0.25) is 0 Å². The lowest BCUT2D eigenvalue weighted by molar-refractivity contribution is 1.01. The minimum Gasteiger partial charge on any atom is -0.396 e. The van der Waals surface area contributed by atoms with E-state index in [1.807, 2.05) is 18.3 Å². The molecule has 1 aromatic carbocycles. The summed E-state index contributed by atoms with van der Waals surface area (Å²) in [6.07, 6.45) is 4.43. The van der Waals surface area contributed by atoms with Gasteiger partial charge in [-0.1, -0.05) is 24.3 Å². The zero-order chi connectivity index (χ0) is 14.7. The van der Waals surface area contributed by atoms with Gasteiger partial charge in [0.25, 0.3) is 0 Å². The van der Waals surface area contributed by atoms with Gasteiger partial charge < -0.3 is 11.1 Å². The van der Waals surface area contributed by atoms with E-state index >= 15 is 0 Å². The molecule has 2 heterocycles. The molecule has 5 heteroatoms. The van der Waals surface area contributed by atoms with Crippen LogP contribution in [0.2, 0.25) is 0 Å². The number of nitrogen functional groups attached to an aromatic ring is 1. The first-order chi connectivity index (χ1) is 10.2. The Hall–Kier alpha value is -2.14. The number of hydrogen-bond donors (Lipinski definition) is 2. The maximum atomic E-state index is 5.92. The molecule has 0 saturated heterocycles. The van der Waals surface area contributed by atoms with Crippen molar-refractivity contribution in [2.75, 3.05) is 17.6 Å². The van der Waals surface area contributed by atoms with Gasteiger partial charge in [0.15, 0.2) is 0 Å². The number of nitrogens with two attached hydrogens (primary N) is 1. The van der Waals surface area contributed by atoms with E-state index in [4.69, 9.17) is 5.73 Å². The van der Waals surface area contributed by atoms with Crippen LogP contribution in [0.5, 0.6) is 0 Å². The molecule has 0 aliphatic heterocycles. The maximum Gasteiger partial charge on any atom is 0.149 e. The molecule has 0 unspecified atom stereocenters. The second kappa shape index (κ2) is 6.10. The van der Waals surface area contributed by atoms with Crippen LogP contribution in [0, 0.1) is 0 Å². The second-order valence-corrected chi connectivity index (χ2v) is 5.68. The number of hydrogen-bond acceptors (Lipinski definition) is 4. The van der Waals surface area contributed by atoms with Gasteiger partial charge in [-0.25, -0.2) is 4.98 Å². The van der Waals surface area contributed by atoms with E-state index in [9.17, 15) is 0 Å². The summed E-state index contributed by atoms with van der Waals surface area (Å²) in [4.78, 5) is 8.73. The average molecular weight is 343 g/mol. The Bertz CT molecular complexity index is 768. The van der Waals surface area contributed by atoms with Gasteiger partial charge in [-0.2, -0.15) is 0 Å². The standard InChI is InChI=1S/C16H15BrN4/c17-13-9-14(18)16(21-10-13)20-8-6-12-4-1-3-11-5-2-7-19-15(11)12/h1-5,7,9-10H,6,8,18H2,(H,20,21). The van der Waals surface area contributed by atoms with Crippen molar-refractivity contribution >= 4 is 38.3 Å². The highest BCUT2D eigenvalue weighted by Crippen LogP contribution is 2.20. The summed E-state index contributed by atoms with van der Waals surface area (Å²) in [6.45, 7) is 0.758. The van der Waals surface area contributed by atoms with E-state index in [2.05, 4.69) is 55.5 Å². The number of para-hydroxylation sites is 1. The molecular weight excluding hydrogens is 328 g/mol. The van der Waals surface area contributed by atoms with Crippen LogP contribution in [0.15, 0.2) is 53.3 Å². The Morgan fingerprint density at radius 3 is 2.86 bits per heavy atom. The van der Waals surface area contributed by atoms with Crippen LogP contribution in [0.1, 0.15) is 5.56 Å². The molecule has 0 radical (unpaired) electrons. The molecule has 21 heavy (non-hydrogen) atoms. The molecule has 2 aromatic heterocycles. The van der Waals surface area contributed by atoms with Crippen molar-refractivity contribution in [3.05, 3.63) is 58.8 Å². The number of rotatable bonds is 4.